The fourth-order valence-corrected chi connectivity index (χ4v) is 2.33. The zero-order chi connectivity index (χ0) is 13.0. The van der Waals surface area contributed by atoms with E-state index in [1.807, 2.05) is 6.07 Å². The van der Waals surface area contributed by atoms with E-state index in [1.54, 1.807) is 0 Å². The molecule has 0 saturated carbocycles. The Kier molecular flexibility index (Phi) is 3.97. The lowest BCUT2D eigenvalue weighted by Gasteiger charge is -2.16. The topological polar surface area (TPSA) is 72.2 Å². The molecule has 0 radical (unpaired) electrons. The number of amides is 2. The van der Waals surface area contributed by atoms with Crippen molar-refractivity contribution in [2.24, 2.45) is 5.73 Å². The van der Waals surface area contributed by atoms with Gasteiger partial charge in [-0.2, -0.15) is 0 Å². The highest BCUT2D eigenvalue weighted by atomic mass is 16.2. The number of nitrogens with two attached hydrogens (primary N) is 1. The number of nitrogens with one attached hydrogen (secondary N) is 1. The minimum absolute atomic E-state index is 0.0935. The summed E-state index contributed by atoms with van der Waals surface area (Å²) in [4.78, 5) is 22.1. The Balaban J connectivity index is 1.97. The van der Waals surface area contributed by atoms with Gasteiger partial charge in [-0.25, -0.2) is 0 Å². The van der Waals surface area contributed by atoms with E-state index in [0.717, 1.165) is 18.4 Å². The largest absolute Gasteiger partial charge is 0.368 e. The molecule has 0 aromatic heterocycles. The summed E-state index contributed by atoms with van der Waals surface area (Å²) >= 11 is 0. The maximum Gasteiger partial charge on any atom is 0.236 e. The molecule has 0 unspecified atom stereocenters. The van der Waals surface area contributed by atoms with E-state index in [4.69, 9.17) is 5.73 Å². The van der Waals surface area contributed by atoms with Crippen molar-refractivity contribution in [3.8, 4) is 0 Å². The van der Waals surface area contributed by atoms with Gasteiger partial charge in [-0.3, -0.25) is 9.59 Å². The van der Waals surface area contributed by atoms with Crippen LogP contribution in [0.5, 0.6) is 0 Å². The molecular formula is C14H18N2O2. The molecule has 0 atom stereocenters. The highest BCUT2D eigenvalue weighted by Gasteiger charge is 2.11. The van der Waals surface area contributed by atoms with E-state index < -0.39 is 5.91 Å². The van der Waals surface area contributed by atoms with Crippen LogP contribution in [0.15, 0.2) is 18.2 Å². The summed E-state index contributed by atoms with van der Waals surface area (Å²) in [7, 11) is 0. The molecule has 1 aliphatic rings. The molecule has 0 spiro atoms. The predicted octanol–water partition coefficient (Wildman–Crippen LogP) is 0.709. The minimum atomic E-state index is -0.520. The number of rotatable bonds is 4. The normalized spacial score (nSPS) is 13.8. The number of fused-ring (bicyclic) bond motifs is 1. The summed E-state index contributed by atoms with van der Waals surface area (Å²) in [6, 6.07) is 6.22. The van der Waals surface area contributed by atoms with E-state index in [-0.39, 0.29) is 12.5 Å². The summed E-state index contributed by atoms with van der Waals surface area (Å²) in [5, 5.41) is 2.50. The van der Waals surface area contributed by atoms with E-state index in [2.05, 4.69) is 17.4 Å². The molecule has 3 N–H and O–H groups in total. The van der Waals surface area contributed by atoms with E-state index in [0.29, 0.717) is 6.42 Å². The van der Waals surface area contributed by atoms with Crippen molar-refractivity contribution in [1.29, 1.82) is 0 Å². The molecule has 2 rings (SSSR count). The van der Waals surface area contributed by atoms with Crippen LogP contribution in [0.1, 0.15) is 29.5 Å². The Hall–Kier alpha value is -1.84. The van der Waals surface area contributed by atoms with Gasteiger partial charge in [0.25, 0.3) is 0 Å². The Labute approximate surface area is 107 Å². The number of primary amides is 1. The van der Waals surface area contributed by atoms with Crippen molar-refractivity contribution >= 4 is 11.8 Å². The molecule has 0 fully saturated rings. The first-order chi connectivity index (χ1) is 8.65. The number of hydrogen-bond donors (Lipinski definition) is 2. The Bertz CT molecular complexity index is 469. The van der Waals surface area contributed by atoms with Gasteiger partial charge in [0, 0.05) is 0 Å². The number of aryl methyl sites for hydroxylation is 2. The lowest BCUT2D eigenvalue weighted by molar-refractivity contribution is -0.124. The molecule has 0 aliphatic heterocycles. The monoisotopic (exact) mass is 246 g/mol. The number of carbonyl (C=O) groups is 2. The zero-order valence-electron chi connectivity index (χ0n) is 10.4. The lowest BCUT2D eigenvalue weighted by Crippen LogP contribution is -2.34. The first-order valence-corrected chi connectivity index (χ1v) is 6.31. The Morgan fingerprint density at radius 3 is 2.61 bits per heavy atom. The van der Waals surface area contributed by atoms with Gasteiger partial charge in [-0.05, 0) is 42.4 Å². The number of carbonyl (C=O) groups excluding carboxylic acids is 2. The van der Waals surface area contributed by atoms with Crippen molar-refractivity contribution in [2.75, 3.05) is 6.54 Å². The maximum atomic E-state index is 11.6. The highest BCUT2D eigenvalue weighted by molar-refractivity contribution is 5.84. The molecule has 0 heterocycles. The van der Waals surface area contributed by atoms with Gasteiger partial charge in [-0.15, -0.1) is 0 Å². The number of benzene rings is 1. The van der Waals surface area contributed by atoms with Crippen molar-refractivity contribution in [3.63, 3.8) is 0 Å². The van der Waals surface area contributed by atoms with Crippen LogP contribution in [-0.2, 0) is 28.9 Å². The molecule has 4 nitrogen and oxygen atoms in total. The average Bonchev–Trinajstić information content (AvgIpc) is 2.36. The quantitative estimate of drug-likeness (QED) is 0.821. The lowest BCUT2D eigenvalue weighted by atomic mass is 9.90. The first kappa shape index (κ1) is 12.6. The van der Waals surface area contributed by atoms with Crippen molar-refractivity contribution < 1.29 is 9.59 Å². The summed E-state index contributed by atoms with van der Waals surface area (Å²) in [6.45, 7) is -0.0935. The molecule has 96 valence electrons. The van der Waals surface area contributed by atoms with Crippen molar-refractivity contribution in [2.45, 2.75) is 32.1 Å². The van der Waals surface area contributed by atoms with Crippen LogP contribution in [-0.4, -0.2) is 18.4 Å². The van der Waals surface area contributed by atoms with Crippen LogP contribution in [0.4, 0.5) is 0 Å². The molecule has 18 heavy (non-hydrogen) atoms. The van der Waals surface area contributed by atoms with Crippen LogP contribution in [0, 0.1) is 0 Å². The maximum absolute atomic E-state index is 11.6. The summed E-state index contributed by atoms with van der Waals surface area (Å²) < 4.78 is 0. The predicted molar refractivity (Wildman–Crippen MR) is 69.0 cm³/mol. The standard InChI is InChI=1S/C14H18N2O2/c15-13(17)9-16-14(18)8-10-5-6-11-3-1-2-4-12(11)7-10/h5-7H,1-4,8-9H2,(H2,15,17)(H,16,18). The Morgan fingerprint density at radius 2 is 1.89 bits per heavy atom. The van der Waals surface area contributed by atoms with Crippen LogP contribution in [0.25, 0.3) is 0 Å². The van der Waals surface area contributed by atoms with E-state index in [9.17, 15) is 9.59 Å². The van der Waals surface area contributed by atoms with Crippen LogP contribution in [0.2, 0.25) is 0 Å². The zero-order valence-corrected chi connectivity index (χ0v) is 10.4. The molecule has 2 amide bonds. The van der Waals surface area contributed by atoms with Gasteiger partial charge in [0.15, 0.2) is 0 Å². The second-order valence-corrected chi connectivity index (χ2v) is 4.73. The van der Waals surface area contributed by atoms with Crippen LogP contribution < -0.4 is 11.1 Å². The van der Waals surface area contributed by atoms with E-state index in [1.165, 1.54) is 24.0 Å². The minimum Gasteiger partial charge on any atom is -0.368 e. The summed E-state index contributed by atoms with van der Waals surface area (Å²) in [5.74, 6) is -0.682. The molecule has 1 aliphatic carbocycles. The van der Waals surface area contributed by atoms with Crippen LogP contribution >= 0.6 is 0 Å². The highest BCUT2D eigenvalue weighted by Crippen LogP contribution is 2.22. The second-order valence-electron chi connectivity index (χ2n) is 4.73. The number of hydrogen-bond acceptors (Lipinski definition) is 2. The van der Waals surface area contributed by atoms with Gasteiger partial charge in [-0.1, -0.05) is 18.2 Å². The molecule has 1 aromatic carbocycles. The van der Waals surface area contributed by atoms with Gasteiger partial charge in [0.2, 0.25) is 11.8 Å². The smallest absolute Gasteiger partial charge is 0.236 e. The Morgan fingerprint density at radius 1 is 1.17 bits per heavy atom. The van der Waals surface area contributed by atoms with Crippen molar-refractivity contribution in [1.82, 2.24) is 5.32 Å². The third kappa shape index (κ3) is 3.32. The third-order valence-corrected chi connectivity index (χ3v) is 3.24. The average molecular weight is 246 g/mol. The second kappa shape index (κ2) is 5.67. The first-order valence-electron chi connectivity index (χ1n) is 6.31. The fraction of sp³-hybridized carbons (Fsp3) is 0.429. The molecular weight excluding hydrogens is 228 g/mol. The van der Waals surface area contributed by atoms with Gasteiger partial charge in [0.05, 0.1) is 13.0 Å². The molecule has 1 aromatic rings. The van der Waals surface area contributed by atoms with Crippen LogP contribution in [0.3, 0.4) is 0 Å². The third-order valence-electron chi connectivity index (χ3n) is 3.24. The van der Waals surface area contributed by atoms with E-state index >= 15 is 0 Å². The summed E-state index contributed by atoms with van der Waals surface area (Å²) in [6.07, 6.45) is 5.03. The van der Waals surface area contributed by atoms with Gasteiger partial charge >= 0.3 is 0 Å². The fourth-order valence-electron chi connectivity index (χ4n) is 2.33. The summed E-state index contributed by atoms with van der Waals surface area (Å²) in [5.41, 5.74) is 8.74. The van der Waals surface area contributed by atoms with Crippen molar-refractivity contribution in [3.05, 3.63) is 34.9 Å². The van der Waals surface area contributed by atoms with Gasteiger partial charge in [0.1, 0.15) is 0 Å². The molecule has 0 saturated heterocycles. The molecule has 0 bridgehead atoms. The van der Waals surface area contributed by atoms with Gasteiger partial charge < -0.3 is 11.1 Å². The molecule has 4 heteroatoms. The SMILES string of the molecule is NC(=O)CNC(=O)Cc1ccc2c(c1)CCCC2.